The van der Waals surface area contributed by atoms with Gasteiger partial charge in [-0.3, -0.25) is 13.9 Å². The minimum Gasteiger partial charge on any atom is -0.492 e. The van der Waals surface area contributed by atoms with Crippen LogP contribution in [0.4, 0.5) is 5.69 Å². The Morgan fingerprint density at radius 2 is 1.41 bits per heavy atom. The SMILES string of the molecule is CCOc1ccccc1N(CC(=O)N(Cc1ccccc1)C(Cc1ccccc1)C(=O)NCC(C)C)S(=O)(=O)c1ccc(Cl)cc1. The molecule has 0 radical (unpaired) electrons. The number of anilines is 1. The van der Waals surface area contributed by atoms with Crippen LogP contribution in [-0.4, -0.2) is 50.9 Å². The minimum atomic E-state index is -4.29. The smallest absolute Gasteiger partial charge is 0.264 e. The van der Waals surface area contributed by atoms with Crippen molar-refractivity contribution in [1.29, 1.82) is 0 Å². The monoisotopic (exact) mass is 661 g/mol. The molecular weight excluding hydrogens is 622 g/mol. The van der Waals surface area contributed by atoms with Crippen molar-refractivity contribution in [3.63, 3.8) is 0 Å². The topological polar surface area (TPSA) is 96.0 Å². The molecule has 0 aliphatic carbocycles. The summed E-state index contributed by atoms with van der Waals surface area (Å²) in [5.41, 5.74) is 1.87. The van der Waals surface area contributed by atoms with Crippen molar-refractivity contribution < 1.29 is 22.7 Å². The number of rotatable bonds is 15. The van der Waals surface area contributed by atoms with Gasteiger partial charge in [-0.05, 0) is 60.4 Å². The molecule has 0 saturated carbocycles. The summed E-state index contributed by atoms with van der Waals surface area (Å²) in [5.74, 6) is -0.368. The summed E-state index contributed by atoms with van der Waals surface area (Å²) in [6.45, 7) is 6.01. The predicted molar refractivity (Wildman–Crippen MR) is 182 cm³/mol. The van der Waals surface area contributed by atoms with Gasteiger partial charge in [-0.25, -0.2) is 8.42 Å². The molecule has 0 aliphatic rings. The number of benzene rings is 4. The van der Waals surface area contributed by atoms with Gasteiger partial charge in [0.15, 0.2) is 0 Å². The largest absolute Gasteiger partial charge is 0.492 e. The quantitative estimate of drug-likeness (QED) is 0.160. The fraction of sp³-hybridized carbons (Fsp3) is 0.278. The second-order valence-electron chi connectivity index (χ2n) is 11.2. The molecule has 8 nitrogen and oxygen atoms in total. The maximum atomic E-state index is 14.6. The Balaban J connectivity index is 1.82. The van der Waals surface area contributed by atoms with Crippen LogP contribution in [0.25, 0.3) is 0 Å². The van der Waals surface area contributed by atoms with Crippen LogP contribution in [0.5, 0.6) is 5.75 Å². The van der Waals surface area contributed by atoms with E-state index in [-0.39, 0.29) is 42.0 Å². The van der Waals surface area contributed by atoms with Gasteiger partial charge >= 0.3 is 0 Å². The van der Waals surface area contributed by atoms with Crippen LogP contribution in [0.3, 0.4) is 0 Å². The molecule has 1 atom stereocenters. The van der Waals surface area contributed by atoms with Crippen LogP contribution in [0.2, 0.25) is 5.02 Å². The van der Waals surface area contributed by atoms with Crippen LogP contribution in [-0.2, 0) is 32.6 Å². The molecule has 4 aromatic rings. The van der Waals surface area contributed by atoms with E-state index in [1.54, 1.807) is 31.2 Å². The standard InChI is InChI=1S/C36H40ClN3O5S/c1-4-45-34-18-12-11-17-32(34)40(46(43,44)31-21-19-30(37)20-22-31)26-35(41)39(25-29-15-9-6-10-16-29)33(36(42)38-24-27(2)3)23-28-13-7-5-8-14-28/h5-22,27,33H,4,23-26H2,1-3H3,(H,38,42). The molecule has 0 saturated heterocycles. The van der Waals surface area contributed by atoms with Crippen molar-refractivity contribution in [1.82, 2.24) is 10.2 Å². The van der Waals surface area contributed by atoms with Crippen LogP contribution in [0, 0.1) is 5.92 Å². The number of nitrogens with zero attached hydrogens (tertiary/aromatic N) is 2. The van der Waals surface area contributed by atoms with E-state index in [0.29, 0.717) is 17.3 Å². The molecule has 0 fully saturated rings. The van der Waals surface area contributed by atoms with E-state index in [4.69, 9.17) is 16.3 Å². The predicted octanol–water partition coefficient (Wildman–Crippen LogP) is 6.35. The van der Waals surface area contributed by atoms with Gasteiger partial charge < -0.3 is 15.0 Å². The fourth-order valence-corrected chi connectivity index (χ4v) is 6.50. The van der Waals surface area contributed by atoms with E-state index < -0.39 is 28.5 Å². The minimum absolute atomic E-state index is 0.0406. The molecule has 46 heavy (non-hydrogen) atoms. The summed E-state index contributed by atoms with van der Waals surface area (Å²) in [7, 11) is -4.29. The van der Waals surface area contributed by atoms with E-state index in [0.717, 1.165) is 15.4 Å². The van der Waals surface area contributed by atoms with Gasteiger partial charge in [-0.2, -0.15) is 0 Å². The third kappa shape index (κ3) is 9.11. The van der Waals surface area contributed by atoms with Crippen molar-refractivity contribution >= 4 is 39.1 Å². The van der Waals surface area contributed by atoms with Gasteiger partial charge in [0, 0.05) is 24.5 Å². The molecule has 0 aromatic heterocycles. The Kier molecular flexibility index (Phi) is 12.2. The average molecular weight is 662 g/mol. The van der Waals surface area contributed by atoms with Gasteiger partial charge in [0.25, 0.3) is 10.0 Å². The molecule has 1 unspecified atom stereocenters. The fourth-order valence-electron chi connectivity index (χ4n) is 4.94. The first kappa shape index (κ1) is 34.5. The van der Waals surface area contributed by atoms with Crippen molar-refractivity contribution in [3.8, 4) is 5.75 Å². The molecule has 4 rings (SSSR count). The molecule has 242 valence electrons. The Morgan fingerprint density at radius 3 is 2.02 bits per heavy atom. The number of halogens is 1. The third-order valence-electron chi connectivity index (χ3n) is 7.27. The number of carbonyl (C=O) groups is 2. The van der Waals surface area contributed by atoms with Crippen molar-refractivity contribution in [2.24, 2.45) is 5.92 Å². The Morgan fingerprint density at radius 1 is 0.826 bits per heavy atom. The maximum Gasteiger partial charge on any atom is 0.264 e. The highest BCUT2D eigenvalue weighted by Gasteiger charge is 2.35. The lowest BCUT2D eigenvalue weighted by Gasteiger charge is -2.34. The van der Waals surface area contributed by atoms with Crippen molar-refractivity contribution in [2.45, 2.75) is 44.7 Å². The lowest BCUT2D eigenvalue weighted by molar-refractivity contribution is -0.140. The number of hydrogen-bond donors (Lipinski definition) is 1. The lowest BCUT2D eigenvalue weighted by Crippen LogP contribution is -2.53. The molecule has 0 heterocycles. The number of para-hydroxylation sites is 2. The zero-order chi connectivity index (χ0) is 33.1. The molecule has 0 spiro atoms. The number of hydrogen-bond acceptors (Lipinski definition) is 5. The van der Waals surface area contributed by atoms with Gasteiger partial charge in [0.2, 0.25) is 11.8 Å². The average Bonchev–Trinajstić information content (AvgIpc) is 3.05. The molecule has 0 aliphatic heterocycles. The first-order valence-corrected chi connectivity index (χ1v) is 17.1. The Bertz CT molecular complexity index is 1680. The molecule has 4 aromatic carbocycles. The van der Waals surface area contributed by atoms with Crippen LogP contribution in [0.15, 0.2) is 114 Å². The number of ether oxygens (including phenoxy) is 1. The first-order chi connectivity index (χ1) is 22.1. The summed E-state index contributed by atoms with van der Waals surface area (Å²) in [6, 6.07) is 30.3. The molecule has 0 bridgehead atoms. The second kappa shape index (κ2) is 16.3. The second-order valence-corrected chi connectivity index (χ2v) is 13.5. The van der Waals surface area contributed by atoms with Crippen molar-refractivity contribution in [3.05, 3.63) is 125 Å². The molecule has 10 heteroatoms. The summed E-state index contributed by atoms with van der Waals surface area (Å²) in [6.07, 6.45) is 0.239. The van der Waals surface area contributed by atoms with E-state index in [2.05, 4.69) is 5.32 Å². The summed E-state index contributed by atoms with van der Waals surface area (Å²) in [5, 5.41) is 3.38. The Hall–Kier alpha value is -4.34. The van der Waals surface area contributed by atoms with Crippen molar-refractivity contribution in [2.75, 3.05) is 24.0 Å². The van der Waals surface area contributed by atoms with E-state index in [1.807, 2.05) is 74.5 Å². The third-order valence-corrected chi connectivity index (χ3v) is 9.29. The summed E-state index contributed by atoms with van der Waals surface area (Å²) in [4.78, 5) is 29.9. The van der Waals surface area contributed by atoms with E-state index in [1.165, 1.54) is 29.2 Å². The van der Waals surface area contributed by atoms with Gasteiger partial charge in [-0.15, -0.1) is 0 Å². The molecule has 2 amide bonds. The van der Waals surface area contributed by atoms with E-state index >= 15 is 0 Å². The van der Waals surface area contributed by atoms with Gasteiger partial charge in [0.05, 0.1) is 17.2 Å². The highest BCUT2D eigenvalue weighted by Crippen LogP contribution is 2.33. The van der Waals surface area contributed by atoms with Gasteiger partial charge in [0.1, 0.15) is 18.3 Å². The number of nitrogens with one attached hydrogen (secondary N) is 1. The summed E-state index contributed by atoms with van der Waals surface area (Å²) < 4.78 is 35.4. The zero-order valence-corrected chi connectivity index (χ0v) is 27.9. The van der Waals surface area contributed by atoms with Crippen LogP contribution < -0.4 is 14.4 Å². The van der Waals surface area contributed by atoms with E-state index in [9.17, 15) is 18.0 Å². The number of sulfonamides is 1. The lowest BCUT2D eigenvalue weighted by atomic mass is 10.0. The summed E-state index contributed by atoms with van der Waals surface area (Å²) >= 11 is 6.08. The van der Waals surface area contributed by atoms with Crippen LogP contribution in [0.1, 0.15) is 31.9 Å². The van der Waals surface area contributed by atoms with Gasteiger partial charge in [-0.1, -0.05) is 98.2 Å². The molecule has 1 N–H and O–H groups in total. The molecular formula is C36H40ClN3O5S. The zero-order valence-electron chi connectivity index (χ0n) is 26.3. The number of carbonyl (C=O) groups excluding carboxylic acids is 2. The highest BCUT2D eigenvalue weighted by atomic mass is 35.5. The van der Waals surface area contributed by atoms with Crippen LogP contribution >= 0.6 is 11.6 Å². The maximum absolute atomic E-state index is 14.6. The Labute approximate surface area is 277 Å². The number of amides is 2. The first-order valence-electron chi connectivity index (χ1n) is 15.2. The highest BCUT2D eigenvalue weighted by molar-refractivity contribution is 7.92. The normalized spacial score (nSPS) is 11.9.